The molecular weight excluding hydrogens is 366 g/mol. The second kappa shape index (κ2) is 8.54. The molecule has 1 aromatic carbocycles. The number of aromatic nitrogens is 4. The number of fused-ring (bicyclic) bond motifs is 1. The minimum absolute atomic E-state index is 0. The van der Waals surface area contributed by atoms with Crippen LogP contribution in [-0.4, -0.2) is 38.3 Å². The van der Waals surface area contributed by atoms with Gasteiger partial charge in [-0.1, -0.05) is 30.3 Å². The molecule has 3 rings (SSSR count). The number of hydrogen-bond donors (Lipinski definition) is 1. The molecule has 0 saturated heterocycles. The van der Waals surface area contributed by atoms with Gasteiger partial charge in [-0.05, 0) is 12.5 Å². The van der Waals surface area contributed by atoms with Crippen molar-refractivity contribution in [3.8, 4) is 0 Å². The summed E-state index contributed by atoms with van der Waals surface area (Å²) in [7, 11) is 5.31. The van der Waals surface area contributed by atoms with Crippen LogP contribution < -0.4 is 28.6 Å². The van der Waals surface area contributed by atoms with E-state index >= 15 is 0 Å². The van der Waals surface area contributed by atoms with Gasteiger partial charge < -0.3 is 21.9 Å². The number of nitrogens with zero attached hydrogens (tertiary/aromatic N) is 4. The Labute approximate surface area is 164 Å². The van der Waals surface area contributed by atoms with Crippen molar-refractivity contribution in [2.24, 2.45) is 14.1 Å². The largest absolute Gasteiger partial charge is 1.00 e. The van der Waals surface area contributed by atoms with E-state index in [1.165, 1.54) is 22.1 Å². The lowest BCUT2D eigenvalue weighted by Crippen LogP contribution is -3.13. The zero-order valence-corrected chi connectivity index (χ0v) is 16.9. The molecule has 0 aliphatic rings. The smallest absolute Gasteiger partial charge is 0.332 e. The lowest BCUT2D eigenvalue weighted by molar-refractivity contribution is -0.904. The predicted molar refractivity (Wildman–Crippen MR) is 102 cm³/mol. The molecule has 8 heteroatoms. The molecule has 7 nitrogen and oxygen atoms in total. The van der Waals surface area contributed by atoms with E-state index in [-0.39, 0.29) is 23.7 Å². The summed E-state index contributed by atoms with van der Waals surface area (Å²) < 4.78 is 4.41. The molecule has 146 valence electrons. The number of benzene rings is 1. The molecule has 2 unspecified atom stereocenters. The second-order valence-electron chi connectivity index (χ2n) is 7.00. The van der Waals surface area contributed by atoms with Gasteiger partial charge in [-0.25, -0.2) is 9.78 Å². The van der Waals surface area contributed by atoms with E-state index in [0.29, 0.717) is 23.8 Å². The molecule has 2 heterocycles. The van der Waals surface area contributed by atoms with Crippen LogP contribution in [-0.2, 0) is 27.1 Å². The highest BCUT2D eigenvalue weighted by Crippen LogP contribution is 2.05. The highest BCUT2D eigenvalue weighted by atomic mass is 35.5. The first kappa shape index (κ1) is 20.9. The first-order chi connectivity index (χ1) is 12.4. The van der Waals surface area contributed by atoms with Crippen LogP contribution in [0.4, 0.5) is 0 Å². The van der Waals surface area contributed by atoms with Crippen molar-refractivity contribution in [3.63, 3.8) is 0 Å². The summed E-state index contributed by atoms with van der Waals surface area (Å²) in [6.45, 7) is 3.78. The number of nitrogens with one attached hydrogen (secondary N) is 1. The van der Waals surface area contributed by atoms with Crippen LogP contribution in [0.2, 0.25) is 0 Å². The SMILES string of the molecule is CC(Cc1ccccc1)[NH+](C)CCn1cnc2c1c(=O)n(C)c(=O)n2C.[Cl-]. The monoisotopic (exact) mass is 391 g/mol. The molecule has 0 radical (unpaired) electrons. The first-order valence-electron chi connectivity index (χ1n) is 8.87. The Hall–Kier alpha value is -2.38. The molecular formula is C19H26ClN5O2. The van der Waals surface area contributed by atoms with Crippen LogP contribution in [0.15, 0.2) is 46.2 Å². The van der Waals surface area contributed by atoms with Crippen LogP contribution in [0.5, 0.6) is 0 Å². The highest BCUT2D eigenvalue weighted by Gasteiger charge is 2.17. The van der Waals surface area contributed by atoms with Gasteiger partial charge in [-0.3, -0.25) is 13.9 Å². The fourth-order valence-electron chi connectivity index (χ4n) is 3.25. The lowest BCUT2D eigenvalue weighted by atomic mass is 10.1. The van der Waals surface area contributed by atoms with Crippen LogP contribution in [0.25, 0.3) is 11.2 Å². The number of rotatable bonds is 6. The molecule has 2 aromatic heterocycles. The third-order valence-corrected chi connectivity index (χ3v) is 5.19. The van der Waals surface area contributed by atoms with Gasteiger partial charge in [-0.2, -0.15) is 0 Å². The van der Waals surface area contributed by atoms with Gasteiger partial charge in [0.2, 0.25) is 0 Å². The zero-order chi connectivity index (χ0) is 18.8. The summed E-state index contributed by atoms with van der Waals surface area (Å²) in [5, 5.41) is 0. The zero-order valence-electron chi connectivity index (χ0n) is 16.1. The van der Waals surface area contributed by atoms with Crippen molar-refractivity contribution in [3.05, 3.63) is 63.1 Å². The molecule has 3 aromatic rings. The summed E-state index contributed by atoms with van der Waals surface area (Å²) >= 11 is 0. The Kier molecular flexibility index (Phi) is 6.62. The lowest BCUT2D eigenvalue weighted by Gasteiger charge is -2.22. The molecule has 0 amide bonds. The number of halogens is 1. The fourth-order valence-corrected chi connectivity index (χ4v) is 3.25. The molecule has 2 atom stereocenters. The van der Waals surface area contributed by atoms with Crippen molar-refractivity contribution in [1.82, 2.24) is 18.7 Å². The Balaban J connectivity index is 0.00000261. The molecule has 0 aliphatic carbocycles. The summed E-state index contributed by atoms with van der Waals surface area (Å²) in [5.74, 6) is 0. The Bertz CT molecular complexity index is 1020. The number of hydrogen-bond acceptors (Lipinski definition) is 3. The van der Waals surface area contributed by atoms with E-state index in [2.05, 4.69) is 43.2 Å². The van der Waals surface area contributed by atoms with Crippen molar-refractivity contribution in [2.45, 2.75) is 25.9 Å². The quantitative estimate of drug-likeness (QED) is 0.476. The third kappa shape index (κ3) is 4.14. The van der Waals surface area contributed by atoms with E-state index in [0.717, 1.165) is 17.5 Å². The van der Waals surface area contributed by atoms with Gasteiger partial charge in [0.15, 0.2) is 11.2 Å². The van der Waals surface area contributed by atoms with E-state index < -0.39 is 0 Å². The Morgan fingerprint density at radius 1 is 1.11 bits per heavy atom. The first-order valence-corrected chi connectivity index (χ1v) is 8.87. The van der Waals surface area contributed by atoms with Gasteiger partial charge in [0.1, 0.15) is 0 Å². The van der Waals surface area contributed by atoms with Crippen molar-refractivity contribution < 1.29 is 17.3 Å². The third-order valence-electron chi connectivity index (χ3n) is 5.19. The standard InChI is InChI=1S/C19H25N5O2.ClH/c1-14(12-15-8-6-5-7-9-15)21(2)10-11-24-13-20-17-16(24)18(25)23(4)19(26)22(17)3;/h5-9,13-14H,10-12H2,1-4H3;1H. The molecule has 0 saturated carbocycles. The van der Waals surface area contributed by atoms with E-state index in [4.69, 9.17) is 0 Å². The fraction of sp³-hybridized carbons (Fsp3) is 0.421. The van der Waals surface area contributed by atoms with Crippen molar-refractivity contribution in [2.75, 3.05) is 13.6 Å². The highest BCUT2D eigenvalue weighted by molar-refractivity contribution is 5.69. The molecule has 0 fully saturated rings. The molecule has 0 bridgehead atoms. The van der Waals surface area contributed by atoms with Gasteiger partial charge in [0.25, 0.3) is 5.56 Å². The van der Waals surface area contributed by atoms with E-state index in [9.17, 15) is 9.59 Å². The average Bonchev–Trinajstić information content (AvgIpc) is 3.07. The van der Waals surface area contributed by atoms with Gasteiger partial charge in [-0.15, -0.1) is 0 Å². The maximum absolute atomic E-state index is 12.5. The topological polar surface area (TPSA) is 66.3 Å². The number of imidazole rings is 1. The maximum atomic E-state index is 12.5. The van der Waals surface area contributed by atoms with Gasteiger partial charge >= 0.3 is 5.69 Å². The summed E-state index contributed by atoms with van der Waals surface area (Å²) in [5.41, 5.74) is 1.60. The second-order valence-corrected chi connectivity index (χ2v) is 7.00. The van der Waals surface area contributed by atoms with Crippen LogP contribution in [0, 0.1) is 0 Å². The normalized spacial score (nSPS) is 13.3. The van der Waals surface area contributed by atoms with Crippen LogP contribution in [0.1, 0.15) is 12.5 Å². The van der Waals surface area contributed by atoms with Gasteiger partial charge in [0.05, 0.1) is 32.5 Å². The van der Waals surface area contributed by atoms with E-state index in [1.807, 2.05) is 10.6 Å². The molecule has 0 aliphatic heterocycles. The predicted octanol–water partition coefficient (Wildman–Crippen LogP) is -3.42. The van der Waals surface area contributed by atoms with Crippen molar-refractivity contribution >= 4 is 11.2 Å². The van der Waals surface area contributed by atoms with Crippen LogP contribution >= 0.6 is 0 Å². The minimum atomic E-state index is -0.355. The average molecular weight is 392 g/mol. The molecule has 27 heavy (non-hydrogen) atoms. The van der Waals surface area contributed by atoms with Gasteiger partial charge in [0, 0.05) is 20.5 Å². The number of likely N-dealkylation sites (N-methyl/N-ethyl adjacent to an activating group) is 1. The Morgan fingerprint density at radius 3 is 2.44 bits per heavy atom. The maximum Gasteiger partial charge on any atom is 0.332 e. The number of aryl methyl sites for hydroxylation is 1. The van der Waals surface area contributed by atoms with Crippen molar-refractivity contribution in [1.29, 1.82) is 0 Å². The molecule has 0 spiro atoms. The number of quaternary nitrogens is 1. The van der Waals surface area contributed by atoms with E-state index in [1.54, 1.807) is 13.4 Å². The Morgan fingerprint density at radius 2 is 1.78 bits per heavy atom. The minimum Gasteiger partial charge on any atom is -1.00 e. The summed E-state index contributed by atoms with van der Waals surface area (Å²) in [4.78, 5) is 30.2. The van der Waals surface area contributed by atoms with Crippen LogP contribution in [0.3, 0.4) is 0 Å². The summed E-state index contributed by atoms with van der Waals surface area (Å²) in [6.07, 6.45) is 2.66. The summed E-state index contributed by atoms with van der Waals surface area (Å²) in [6, 6.07) is 10.9. The molecule has 1 N–H and O–H groups in total.